The molecule has 2 heteroatoms. The van der Waals surface area contributed by atoms with E-state index < -0.39 is 0 Å². The fraction of sp³-hybridized carbons (Fsp3) is 0.667. The van der Waals surface area contributed by atoms with E-state index in [-0.39, 0.29) is 0 Å². The van der Waals surface area contributed by atoms with Gasteiger partial charge in [0.2, 0.25) is 0 Å². The largest absolute Gasteiger partial charge is 0.290 e. The van der Waals surface area contributed by atoms with Gasteiger partial charge in [-0.15, -0.1) is 0 Å². The second-order valence-electron chi connectivity index (χ2n) is 2.55. The molecule has 0 fully saturated rings. The van der Waals surface area contributed by atoms with Crippen molar-refractivity contribution in [3.8, 4) is 0 Å². The van der Waals surface area contributed by atoms with E-state index in [0.717, 1.165) is 17.7 Å². The Hall–Kier alpha value is -0.240. The molecule has 0 aromatic rings. The SMILES string of the molecule is C=C(C)[C@H](CCSC)N=CC. The first-order chi connectivity index (χ1) is 5.22. The predicted octanol–water partition coefficient (Wildman–Crippen LogP) is 2.77. The highest BCUT2D eigenvalue weighted by atomic mass is 32.2. The molecule has 0 aliphatic rings. The molecule has 0 saturated carbocycles. The number of thioether (sulfide) groups is 1. The molecule has 0 aromatic heterocycles. The van der Waals surface area contributed by atoms with E-state index in [1.165, 1.54) is 0 Å². The summed E-state index contributed by atoms with van der Waals surface area (Å²) in [5, 5.41) is 0. The van der Waals surface area contributed by atoms with Crippen LogP contribution >= 0.6 is 11.8 Å². The zero-order valence-corrected chi connectivity index (χ0v) is 8.45. The molecule has 0 aliphatic carbocycles. The number of rotatable bonds is 5. The maximum atomic E-state index is 4.32. The van der Waals surface area contributed by atoms with Crippen molar-refractivity contribution in [2.24, 2.45) is 4.99 Å². The minimum Gasteiger partial charge on any atom is -0.290 e. The summed E-state index contributed by atoms with van der Waals surface area (Å²) in [6, 6.07) is 0.340. The van der Waals surface area contributed by atoms with E-state index in [2.05, 4.69) is 17.8 Å². The Morgan fingerprint density at radius 2 is 2.36 bits per heavy atom. The van der Waals surface area contributed by atoms with Crippen LogP contribution in [0.2, 0.25) is 0 Å². The molecule has 0 amide bonds. The predicted molar refractivity (Wildman–Crippen MR) is 55.8 cm³/mol. The first kappa shape index (κ1) is 10.8. The highest BCUT2D eigenvalue weighted by molar-refractivity contribution is 7.98. The molecule has 0 radical (unpaired) electrons. The quantitative estimate of drug-likeness (QED) is 0.457. The van der Waals surface area contributed by atoms with E-state index in [1.54, 1.807) is 0 Å². The van der Waals surface area contributed by atoms with E-state index in [9.17, 15) is 0 Å². The van der Waals surface area contributed by atoms with Gasteiger partial charge in [0, 0.05) is 0 Å². The molecule has 0 spiro atoms. The molecule has 0 unspecified atom stereocenters. The highest BCUT2D eigenvalue weighted by Gasteiger charge is 2.04. The first-order valence-corrected chi connectivity index (χ1v) is 5.23. The molecule has 0 heterocycles. The van der Waals surface area contributed by atoms with Crippen molar-refractivity contribution in [1.82, 2.24) is 0 Å². The summed E-state index contributed by atoms with van der Waals surface area (Å²) >= 11 is 1.86. The Morgan fingerprint density at radius 3 is 2.73 bits per heavy atom. The molecule has 1 atom stereocenters. The molecule has 64 valence electrons. The number of hydrogen-bond donors (Lipinski definition) is 0. The van der Waals surface area contributed by atoms with Crippen LogP contribution in [-0.4, -0.2) is 24.3 Å². The average Bonchev–Trinajstić information content (AvgIpc) is 1.97. The maximum Gasteiger partial charge on any atom is 0.0707 e. The summed E-state index contributed by atoms with van der Waals surface area (Å²) in [4.78, 5) is 4.32. The summed E-state index contributed by atoms with van der Waals surface area (Å²) in [7, 11) is 0. The van der Waals surface area contributed by atoms with Gasteiger partial charge in [-0.2, -0.15) is 11.8 Å². The average molecular weight is 171 g/mol. The van der Waals surface area contributed by atoms with E-state index >= 15 is 0 Å². The first-order valence-electron chi connectivity index (χ1n) is 3.84. The van der Waals surface area contributed by atoms with Crippen LogP contribution in [0.1, 0.15) is 20.3 Å². The van der Waals surface area contributed by atoms with Gasteiger partial charge in [0.05, 0.1) is 6.04 Å². The minimum absolute atomic E-state index is 0.340. The maximum absolute atomic E-state index is 4.32. The molecule has 0 aromatic carbocycles. The molecular weight excluding hydrogens is 154 g/mol. The van der Waals surface area contributed by atoms with Crippen LogP contribution in [0.5, 0.6) is 0 Å². The van der Waals surface area contributed by atoms with Crippen LogP contribution in [0.15, 0.2) is 17.1 Å². The lowest BCUT2D eigenvalue weighted by Gasteiger charge is -2.10. The number of nitrogens with zero attached hydrogens (tertiary/aromatic N) is 1. The van der Waals surface area contributed by atoms with Gasteiger partial charge >= 0.3 is 0 Å². The lowest BCUT2D eigenvalue weighted by Crippen LogP contribution is -2.06. The summed E-state index contributed by atoms with van der Waals surface area (Å²) < 4.78 is 0. The lowest BCUT2D eigenvalue weighted by atomic mass is 10.1. The van der Waals surface area contributed by atoms with Gasteiger partial charge in [-0.25, -0.2) is 0 Å². The van der Waals surface area contributed by atoms with Crippen LogP contribution in [0.4, 0.5) is 0 Å². The Bertz CT molecular complexity index is 140. The van der Waals surface area contributed by atoms with Gasteiger partial charge in [0.15, 0.2) is 0 Å². The monoisotopic (exact) mass is 171 g/mol. The van der Waals surface area contributed by atoms with Crippen molar-refractivity contribution in [2.45, 2.75) is 26.3 Å². The molecule has 0 aliphatic heterocycles. The molecule has 1 nitrogen and oxygen atoms in total. The van der Waals surface area contributed by atoms with Crippen molar-refractivity contribution in [3.05, 3.63) is 12.2 Å². The normalized spacial score (nSPS) is 13.7. The third-order valence-corrected chi connectivity index (χ3v) is 2.14. The van der Waals surface area contributed by atoms with Gasteiger partial charge in [0.25, 0.3) is 0 Å². The molecule has 0 rings (SSSR count). The lowest BCUT2D eigenvalue weighted by molar-refractivity contribution is 0.755. The summed E-state index contributed by atoms with van der Waals surface area (Å²) in [6.07, 6.45) is 5.09. The van der Waals surface area contributed by atoms with Crippen molar-refractivity contribution in [1.29, 1.82) is 0 Å². The molecule has 0 N–H and O–H groups in total. The number of aliphatic imine (C=N–C) groups is 1. The second-order valence-corrected chi connectivity index (χ2v) is 3.54. The molecular formula is C9H17NS. The third-order valence-electron chi connectivity index (χ3n) is 1.49. The standard InChI is InChI=1S/C9H17NS/c1-5-10-9(8(2)3)6-7-11-4/h5,9H,2,6-7H2,1,3-4H3/t9-/m0/s1. The Morgan fingerprint density at radius 1 is 1.73 bits per heavy atom. The summed E-state index contributed by atoms with van der Waals surface area (Å²) in [6.45, 7) is 7.90. The van der Waals surface area contributed by atoms with Crippen molar-refractivity contribution in [3.63, 3.8) is 0 Å². The molecule has 0 bridgehead atoms. The summed E-state index contributed by atoms with van der Waals surface area (Å²) in [5.41, 5.74) is 1.16. The van der Waals surface area contributed by atoms with Gasteiger partial charge in [-0.1, -0.05) is 12.2 Å². The number of hydrogen-bond acceptors (Lipinski definition) is 2. The van der Waals surface area contributed by atoms with E-state index in [1.807, 2.05) is 31.8 Å². The minimum atomic E-state index is 0.340. The fourth-order valence-electron chi connectivity index (χ4n) is 0.858. The second kappa shape index (κ2) is 6.47. The Kier molecular flexibility index (Phi) is 6.33. The zero-order valence-electron chi connectivity index (χ0n) is 7.63. The zero-order chi connectivity index (χ0) is 8.69. The van der Waals surface area contributed by atoms with E-state index in [0.29, 0.717) is 6.04 Å². The van der Waals surface area contributed by atoms with Crippen molar-refractivity contribution < 1.29 is 0 Å². The van der Waals surface area contributed by atoms with Gasteiger partial charge in [-0.3, -0.25) is 4.99 Å². The van der Waals surface area contributed by atoms with Crippen LogP contribution in [0.25, 0.3) is 0 Å². The molecule has 11 heavy (non-hydrogen) atoms. The topological polar surface area (TPSA) is 12.4 Å². The van der Waals surface area contributed by atoms with Crippen LogP contribution in [0.3, 0.4) is 0 Å². The van der Waals surface area contributed by atoms with Crippen molar-refractivity contribution >= 4 is 18.0 Å². The van der Waals surface area contributed by atoms with Crippen molar-refractivity contribution in [2.75, 3.05) is 12.0 Å². The van der Waals surface area contributed by atoms with Crippen LogP contribution in [0, 0.1) is 0 Å². The third kappa shape index (κ3) is 5.08. The van der Waals surface area contributed by atoms with Gasteiger partial charge in [0.1, 0.15) is 0 Å². The van der Waals surface area contributed by atoms with Crippen LogP contribution < -0.4 is 0 Å². The smallest absolute Gasteiger partial charge is 0.0707 e. The Labute approximate surface area is 74.0 Å². The van der Waals surface area contributed by atoms with Gasteiger partial charge in [-0.05, 0) is 38.5 Å². The highest BCUT2D eigenvalue weighted by Crippen LogP contribution is 2.10. The Balaban J connectivity index is 3.79. The van der Waals surface area contributed by atoms with Crippen LogP contribution in [-0.2, 0) is 0 Å². The molecule has 0 saturated heterocycles. The van der Waals surface area contributed by atoms with E-state index in [4.69, 9.17) is 0 Å². The fourth-order valence-corrected chi connectivity index (χ4v) is 1.32. The van der Waals surface area contributed by atoms with Gasteiger partial charge < -0.3 is 0 Å². The summed E-state index contributed by atoms with van der Waals surface area (Å²) in [5.74, 6) is 1.16.